The maximum atomic E-state index is 5.71. The van der Waals surface area contributed by atoms with Gasteiger partial charge in [-0.05, 0) is 26.7 Å². The van der Waals surface area contributed by atoms with Crippen LogP contribution in [0.25, 0.3) is 0 Å². The first-order valence-corrected chi connectivity index (χ1v) is 6.58. The lowest BCUT2D eigenvalue weighted by Gasteiger charge is -2.20. The van der Waals surface area contributed by atoms with Gasteiger partial charge >= 0.3 is 6.01 Å². The third-order valence-electron chi connectivity index (χ3n) is 2.85. The molecule has 0 saturated carbocycles. The van der Waals surface area contributed by atoms with Gasteiger partial charge in [-0.15, -0.1) is 0 Å². The molecule has 1 aliphatic rings. The smallest absolute Gasteiger partial charge is 0.323 e. The third-order valence-corrected chi connectivity index (χ3v) is 2.85. The summed E-state index contributed by atoms with van der Waals surface area (Å²) in [4.78, 5) is 14.7. The van der Waals surface area contributed by atoms with Crippen LogP contribution in [0.3, 0.4) is 0 Å². The summed E-state index contributed by atoms with van der Waals surface area (Å²) in [6.45, 7) is 5.83. The summed E-state index contributed by atoms with van der Waals surface area (Å²) in [5, 5.41) is 0. The minimum atomic E-state index is 0.0313. The zero-order valence-electron chi connectivity index (χ0n) is 11.1. The Balaban J connectivity index is 2.17. The Morgan fingerprint density at radius 2 is 1.72 bits per heavy atom. The number of nitrogens with two attached hydrogens (primary N) is 1. The Bertz CT molecular complexity index is 388. The van der Waals surface area contributed by atoms with Crippen LogP contribution in [0.15, 0.2) is 0 Å². The summed E-state index contributed by atoms with van der Waals surface area (Å²) in [5.74, 6) is 0.861. The molecule has 0 unspecified atom stereocenters. The van der Waals surface area contributed by atoms with Gasteiger partial charge in [0.25, 0.3) is 0 Å². The van der Waals surface area contributed by atoms with Crippen LogP contribution >= 0.6 is 0 Å². The van der Waals surface area contributed by atoms with Crippen LogP contribution in [0, 0.1) is 0 Å². The van der Waals surface area contributed by atoms with Gasteiger partial charge in [-0.2, -0.15) is 15.0 Å². The van der Waals surface area contributed by atoms with Crippen LogP contribution in [0.2, 0.25) is 0 Å². The van der Waals surface area contributed by atoms with E-state index in [-0.39, 0.29) is 12.1 Å². The lowest BCUT2D eigenvalue weighted by Crippen LogP contribution is -2.27. The first-order chi connectivity index (χ1) is 8.65. The Kier molecular flexibility index (Phi) is 4.17. The maximum Gasteiger partial charge on any atom is 0.323 e. The van der Waals surface area contributed by atoms with E-state index in [2.05, 4.69) is 19.9 Å². The van der Waals surface area contributed by atoms with Crippen molar-refractivity contribution in [3.05, 3.63) is 0 Å². The summed E-state index contributed by atoms with van der Waals surface area (Å²) in [7, 11) is 0. The van der Waals surface area contributed by atoms with Crippen molar-refractivity contribution in [2.45, 2.75) is 45.6 Å². The van der Waals surface area contributed by atoms with E-state index in [9.17, 15) is 0 Å². The molecule has 0 aromatic carbocycles. The summed E-state index contributed by atoms with van der Waals surface area (Å²) in [5.41, 5.74) is 5.71. The SMILES string of the molecule is CC(C)Oc1nc(N)nc(N2CCCCCC2)n1. The van der Waals surface area contributed by atoms with Gasteiger partial charge in [0.15, 0.2) is 0 Å². The molecule has 1 aliphatic heterocycles. The Hall–Kier alpha value is -1.59. The molecule has 0 aliphatic carbocycles. The molecule has 0 radical (unpaired) electrons. The standard InChI is InChI=1S/C12H21N5O/c1-9(2)18-12-15-10(13)14-11(16-12)17-7-5-3-4-6-8-17/h9H,3-8H2,1-2H3,(H2,13,14,15,16). The van der Waals surface area contributed by atoms with Gasteiger partial charge in [-0.25, -0.2) is 0 Å². The van der Waals surface area contributed by atoms with Crippen LogP contribution in [0.5, 0.6) is 6.01 Å². The van der Waals surface area contributed by atoms with Crippen molar-refractivity contribution in [3.63, 3.8) is 0 Å². The molecular formula is C12H21N5O. The Labute approximate surface area is 108 Å². The van der Waals surface area contributed by atoms with Crippen LogP contribution < -0.4 is 15.4 Å². The van der Waals surface area contributed by atoms with E-state index in [0.717, 1.165) is 13.1 Å². The number of rotatable bonds is 3. The van der Waals surface area contributed by atoms with Crippen LogP contribution in [0.1, 0.15) is 39.5 Å². The van der Waals surface area contributed by atoms with Crippen molar-refractivity contribution < 1.29 is 4.74 Å². The molecule has 0 amide bonds. The van der Waals surface area contributed by atoms with Crippen LogP contribution in [0.4, 0.5) is 11.9 Å². The van der Waals surface area contributed by atoms with E-state index in [0.29, 0.717) is 12.0 Å². The average Bonchev–Trinajstić information content (AvgIpc) is 2.55. The topological polar surface area (TPSA) is 77.2 Å². The first kappa shape index (κ1) is 12.9. The second kappa shape index (κ2) is 5.84. The normalized spacial score (nSPS) is 16.7. The highest BCUT2D eigenvalue weighted by Gasteiger charge is 2.15. The predicted octanol–water partition coefficient (Wildman–Crippen LogP) is 1.62. The van der Waals surface area contributed by atoms with Gasteiger partial charge in [0.1, 0.15) is 0 Å². The molecule has 1 aromatic heterocycles. The molecule has 0 spiro atoms. The Morgan fingerprint density at radius 3 is 2.33 bits per heavy atom. The fraction of sp³-hybridized carbons (Fsp3) is 0.750. The van der Waals surface area contributed by atoms with Crippen LogP contribution in [-0.4, -0.2) is 34.1 Å². The van der Waals surface area contributed by atoms with Gasteiger partial charge in [0.2, 0.25) is 11.9 Å². The second-order valence-corrected chi connectivity index (χ2v) is 4.84. The number of anilines is 2. The summed E-state index contributed by atoms with van der Waals surface area (Å²) < 4.78 is 5.49. The van der Waals surface area contributed by atoms with Gasteiger partial charge in [0.05, 0.1) is 6.10 Å². The molecule has 18 heavy (non-hydrogen) atoms. The molecule has 2 N–H and O–H groups in total. The second-order valence-electron chi connectivity index (χ2n) is 4.84. The molecule has 6 heteroatoms. The molecule has 2 heterocycles. The van der Waals surface area contributed by atoms with E-state index in [4.69, 9.17) is 10.5 Å². The molecule has 1 aromatic rings. The molecule has 6 nitrogen and oxygen atoms in total. The first-order valence-electron chi connectivity index (χ1n) is 6.58. The number of nitrogen functional groups attached to an aromatic ring is 1. The molecule has 0 atom stereocenters. The number of hydrogen-bond donors (Lipinski definition) is 1. The van der Waals surface area contributed by atoms with Gasteiger partial charge in [-0.3, -0.25) is 0 Å². The average molecular weight is 251 g/mol. The highest BCUT2D eigenvalue weighted by Crippen LogP contribution is 2.18. The fourth-order valence-electron chi connectivity index (χ4n) is 2.04. The third kappa shape index (κ3) is 3.45. The zero-order chi connectivity index (χ0) is 13.0. The quantitative estimate of drug-likeness (QED) is 0.879. The zero-order valence-corrected chi connectivity index (χ0v) is 11.1. The predicted molar refractivity (Wildman–Crippen MR) is 70.7 cm³/mol. The van der Waals surface area contributed by atoms with Crippen molar-refractivity contribution in [2.75, 3.05) is 23.7 Å². The van der Waals surface area contributed by atoms with E-state index < -0.39 is 0 Å². The molecule has 1 fully saturated rings. The van der Waals surface area contributed by atoms with Gasteiger partial charge < -0.3 is 15.4 Å². The molecule has 1 saturated heterocycles. The number of ether oxygens (including phenoxy) is 1. The molecule has 2 rings (SSSR count). The molecular weight excluding hydrogens is 230 g/mol. The van der Waals surface area contributed by atoms with E-state index in [1.807, 2.05) is 13.8 Å². The van der Waals surface area contributed by atoms with Crippen molar-refractivity contribution >= 4 is 11.9 Å². The van der Waals surface area contributed by atoms with Crippen molar-refractivity contribution in [1.29, 1.82) is 0 Å². The van der Waals surface area contributed by atoms with Crippen molar-refractivity contribution in [2.24, 2.45) is 0 Å². The van der Waals surface area contributed by atoms with Crippen molar-refractivity contribution in [3.8, 4) is 6.01 Å². The van der Waals surface area contributed by atoms with Gasteiger partial charge in [0, 0.05) is 13.1 Å². The van der Waals surface area contributed by atoms with Crippen molar-refractivity contribution in [1.82, 2.24) is 15.0 Å². The monoisotopic (exact) mass is 251 g/mol. The van der Waals surface area contributed by atoms with E-state index in [1.54, 1.807) is 0 Å². The summed E-state index contributed by atoms with van der Waals surface area (Å²) in [6, 6.07) is 0.316. The number of nitrogens with zero attached hydrogens (tertiary/aromatic N) is 4. The lowest BCUT2D eigenvalue weighted by atomic mass is 10.2. The lowest BCUT2D eigenvalue weighted by molar-refractivity contribution is 0.222. The Morgan fingerprint density at radius 1 is 1.06 bits per heavy atom. The molecule has 0 bridgehead atoms. The largest absolute Gasteiger partial charge is 0.461 e. The summed E-state index contributed by atoms with van der Waals surface area (Å²) >= 11 is 0. The highest BCUT2D eigenvalue weighted by atomic mass is 16.5. The number of hydrogen-bond acceptors (Lipinski definition) is 6. The minimum absolute atomic E-state index is 0.0313. The minimum Gasteiger partial charge on any atom is -0.461 e. The maximum absolute atomic E-state index is 5.71. The summed E-state index contributed by atoms with van der Waals surface area (Å²) in [6.07, 6.45) is 4.92. The van der Waals surface area contributed by atoms with Gasteiger partial charge in [-0.1, -0.05) is 12.8 Å². The van der Waals surface area contributed by atoms with E-state index in [1.165, 1.54) is 25.7 Å². The molecule has 100 valence electrons. The fourth-order valence-corrected chi connectivity index (χ4v) is 2.04. The van der Waals surface area contributed by atoms with Crippen LogP contribution in [-0.2, 0) is 0 Å². The van der Waals surface area contributed by atoms with E-state index >= 15 is 0 Å². The highest BCUT2D eigenvalue weighted by molar-refractivity contribution is 5.36. The number of aromatic nitrogens is 3.